The van der Waals surface area contributed by atoms with Crippen LogP contribution in [0.1, 0.15) is 12.5 Å². The Bertz CT molecular complexity index is 534. The standard InChI is InChI=1S/C16H23NO7/c1-9(19)17-7-6-10-2-4-11(5-3-10)23-16-15(22)14(21)13(20)12(8-18)24-16/h2-5,12-16,18,20-22H,6-8H2,1H3,(H,17,19)/t12?,13-,14?,15?,16+/m1/s1. The molecule has 8 heteroatoms. The van der Waals surface area contributed by atoms with E-state index in [9.17, 15) is 20.1 Å². The molecule has 1 amide bonds. The highest BCUT2D eigenvalue weighted by Crippen LogP contribution is 2.24. The minimum atomic E-state index is -1.47. The van der Waals surface area contributed by atoms with E-state index < -0.39 is 37.3 Å². The predicted octanol–water partition coefficient (Wildman–Crippen LogP) is -1.46. The molecule has 1 heterocycles. The minimum absolute atomic E-state index is 0.0856. The van der Waals surface area contributed by atoms with E-state index in [1.807, 2.05) is 0 Å². The minimum Gasteiger partial charge on any atom is -0.462 e. The van der Waals surface area contributed by atoms with E-state index in [0.29, 0.717) is 18.7 Å². The van der Waals surface area contributed by atoms with E-state index >= 15 is 0 Å². The lowest BCUT2D eigenvalue weighted by atomic mass is 9.99. The van der Waals surface area contributed by atoms with Gasteiger partial charge in [0, 0.05) is 13.5 Å². The Labute approximate surface area is 139 Å². The molecule has 0 aliphatic carbocycles. The number of hydrogen-bond acceptors (Lipinski definition) is 7. The maximum Gasteiger partial charge on any atom is 0.229 e. The largest absolute Gasteiger partial charge is 0.462 e. The van der Waals surface area contributed by atoms with Crippen molar-refractivity contribution < 1.29 is 34.7 Å². The van der Waals surface area contributed by atoms with Crippen LogP contribution >= 0.6 is 0 Å². The molecule has 3 unspecified atom stereocenters. The Balaban J connectivity index is 1.93. The van der Waals surface area contributed by atoms with E-state index in [4.69, 9.17) is 14.6 Å². The van der Waals surface area contributed by atoms with Crippen LogP contribution in [0, 0.1) is 0 Å². The number of ether oxygens (including phenoxy) is 2. The predicted molar refractivity (Wildman–Crippen MR) is 83.2 cm³/mol. The van der Waals surface area contributed by atoms with Crippen LogP contribution in [0.5, 0.6) is 5.75 Å². The maximum atomic E-state index is 10.8. The van der Waals surface area contributed by atoms with Crippen molar-refractivity contribution in [1.82, 2.24) is 5.32 Å². The van der Waals surface area contributed by atoms with Gasteiger partial charge < -0.3 is 35.2 Å². The van der Waals surface area contributed by atoms with Crippen LogP contribution in [0.4, 0.5) is 0 Å². The molecule has 2 rings (SSSR count). The highest BCUT2D eigenvalue weighted by atomic mass is 16.7. The van der Waals surface area contributed by atoms with Crippen LogP contribution < -0.4 is 10.1 Å². The number of nitrogens with one attached hydrogen (secondary N) is 1. The molecule has 0 spiro atoms. The second-order valence-electron chi connectivity index (χ2n) is 5.69. The van der Waals surface area contributed by atoms with Crippen molar-refractivity contribution in [2.75, 3.05) is 13.2 Å². The number of benzene rings is 1. The first-order valence-corrected chi connectivity index (χ1v) is 7.73. The highest BCUT2D eigenvalue weighted by Gasteiger charge is 2.44. The van der Waals surface area contributed by atoms with Gasteiger partial charge in [0.1, 0.15) is 30.2 Å². The average Bonchev–Trinajstić information content (AvgIpc) is 2.56. The van der Waals surface area contributed by atoms with Crippen LogP contribution in [-0.2, 0) is 16.0 Å². The molecule has 1 aromatic carbocycles. The van der Waals surface area contributed by atoms with Crippen LogP contribution in [-0.4, -0.2) is 70.2 Å². The summed E-state index contributed by atoms with van der Waals surface area (Å²) in [7, 11) is 0. The zero-order valence-corrected chi connectivity index (χ0v) is 13.3. The fraction of sp³-hybridized carbons (Fsp3) is 0.562. The number of amides is 1. The van der Waals surface area contributed by atoms with Crippen LogP contribution in [0.3, 0.4) is 0 Å². The van der Waals surface area contributed by atoms with E-state index in [0.717, 1.165) is 5.56 Å². The molecule has 1 fully saturated rings. The first-order valence-electron chi connectivity index (χ1n) is 7.73. The number of aliphatic hydroxyl groups is 4. The van der Waals surface area contributed by atoms with Gasteiger partial charge in [-0.2, -0.15) is 0 Å². The monoisotopic (exact) mass is 341 g/mol. The third-order valence-corrected chi connectivity index (χ3v) is 3.81. The topological polar surface area (TPSA) is 128 Å². The molecule has 1 aromatic rings. The summed E-state index contributed by atoms with van der Waals surface area (Å²) < 4.78 is 10.8. The van der Waals surface area contributed by atoms with Crippen molar-refractivity contribution in [2.45, 2.75) is 44.1 Å². The van der Waals surface area contributed by atoms with Gasteiger partial charge in [-0.25, -0.2) is 0 Å². The third-order valence-electron chi connectivity index (χ3n) is 3.81. The molecule has 1 aliphatic heterocycles. The van der Waals surface area contributed by atoms with E-state index in [2.05, 4.69) is 5.32 Å². The molecule has 0 radical (unpaired) electrons. The highest BCUT2D eigenvalue weighted by molar-refractivity contribution is 5.72. The van der Waals surface area contributed by atoms with Crippen LogP contribution in [0.25, 0.3) is 0 Å². The summed E-state index contributed by atoms with van der Waals surface area (Å²) in [6.45, 7) is 1.48. The van der Waals surface area contributed by atoms with Gasteiger partial charge >= 0.3 is 0 Å². The van der Waals surface area contributed by atoms with Gasteiger partial charge in [-0.3, -0.25) is 4.79 Å². The Morgan fingerprint density at radius 2 is 1.83 bits per heavy atom. The first kappa shape index (κ1) is 18.6. The number of aliphatic hydroxyl groups excluding tert-OH is 4. The number of rotatable bonds is 6. The third kappa shape index (κ3) is 4.65. The maximum absolute atomic E-state index is 10.8. The van der Waals surface area contributed by atoms with Crippen molar-refractivity contribution in [3.05, 3.63) is 29.8 Å². The molecule has 8 nitrogen and oxygen atoms in total. The molecular weight excluding hydrogens is 318 g/mol. The second kappa shape index (κ2) is 8.41. The molecule has 5 N–H and O–H groups in total. The van der Waals surface area contributed by atoms with Crippen LogP contribution in [0.15, 0.2) is 24.3 Å². The van der Waals surface area contributed by atoms with Gasteiger partial charge in [0.25, 0.3) is 0 Å². The fourth-order valence-electron chi connectivity index (χ4n) is 2.42. The SMILES string of the molecule is CC(=O)NCCc1ccc(O[C@H]2OC(CO)[C@@H](O)C(O)C2O)cc1. The quantitative estimate of drug-likeness (QED) is 0.428. The molecule has 1 saturated heterocycles. The summed E-state index contributed by atoms with van der Waals surface area (Å²) in [6, 6.07) is 6.96. The van der Waals surface area contributed by atoms with E-state index in [1.54, 1.807) is 24.3 Å². The van der Waals surface area contributed by atoms with E-state index in [-0.39, 0.29) is 5.91 Å². The van der Waals surface area contributed by atoms with Gasteiger partial charge in [-0.15, -0.1) is 0 Å². The van der Waals surface area contributed by atoms with Crippen LogP contribution in [0.2, 0.25) is 0 Å². The molecule has 24 heavy (non-hydrogen) atoms. The van der Waals surface area contributed by atoms with Gasteiger partial charge in [0.2, 0.25) is 12.2 Å². The number of carbonyl (C=O) groups excluding carboxylic acids is 1. The Hall–Kier alpha value is -1.71. The number of carbonyl (C=O) groups is 1. The zero-order chi connectivity index (χ0) is 17.7. The van der Waals surface area contributed by atoms with Gasteiger partial charge in [0.15, 0.2) is 0 Å². The normalized spacial score (nSPS) is 30.0. The van der Waals surface area contributed by atoms with Crippen molar-refractivity contribution in [2.24, 2.45) is 0 Å². The van der Waals surface area contributed by atoms with Gasteiger partial charge in [-0.05, 0) is 24.1 Å². The lowest BCUT2D eigenvalue weighted by molar-refractivity contribution is -0.277. The summed E-state index contributed by atoms with van der Waals surface area (Å²) in [5.74, 6) is 0.320. The fourth-order valence-corrected chi connectivity index (χ4v) is 2.42. The molecule has 0 bridgehead atoms. The second-order valence-corrected chi connectivity index (χ2v) is 5.69. The summed E-state index contributed by atoms with van der Waals surface area (Å²) in [5.41, 5.74) is 0.991. The van der Waals surface area contributed by atoms with Crippen molar-refractivity contribution in [3.8, 4) is 5.75 Å². The molecule has 0 saturated carbocycles. The zero-order valence-electron chi connectivity index (χ0n) is 13.3. The summed E-state index contributed by atoms with van der Waals surface area (Å²) >= 11 is 0. The summed E-state index contributed by atoms with van der Waals surface area (Å²) in [4.78, 5) is 10.8. The Morgan fingerprint density at radius 3 is 2.42 bits per heavy atom. The summed E-state index contributed by atoms with van der Waals surface area (Å²) in [6.07, 6.45) is -5.88. The molecule has 1 aliphatic rings. The van der Waals surface area contributed by atoms with Gasteiger partial charge in [-0.1, -0.05) is 12.1 Å². The Morgan fingerprint density at radius 1 is 1.17 bits per heavy atom. The number of hydrogen-bond donors (Lipinski definition) is 5. The van der Waals surface area contributed by atoms with Crippen molar-refractivity contribution in [3.63, 3.8) is 0 Å². The molecule has 5 atom stereocenters. The van der Waals surface area contributed by atoms with Crippen molar-refractivity contribution in [1.29, 1.82) is 0 Å². The molecular formula is C16H23NO7. The molecule has 0 aromatic heterocycles. The van der Waals surface area contributed by atoms with Crippen molar-refractivity contribution >= 4 is 5.91 Å². The van der Waals surface area contributed by atoms with E-state index in [1.165, 1.54) is 6.92 Å². The lowest BCUT2D eigenvalue weighted by Crippen LogP contribution is -2.60. The average molecular weight is 341 g/mol. The first-order chi connectivity index (χ1) is 11.4. The Kier molecular flexibility index (Phi) is 6.52. The molecule has 134 valence electrons. The summed E-state index contributed by atoms with van der Waals surface area (Å²) in [5, 5.41) is 41.2. The smallest absolute Gasteiger partial charge is 0.229 e. The van der Waals surface area contributed by atoms with Gasteiger partial charge in [0.05, 0.1) is 6.61 Å². The lowest BCUT2D eigenvalue weighted by Gasteiger charge is -2.39.